The predicted molar refractivity (Wildman–Crippen MR) is 78.3 cm³/mol. The first kappa shape index (κ1) is 20.9. The van der Waals surface area contributed by atoms with Crippen LogP contribution in [0, 0.1) is 0 Å². The van der Waals surface area contributed by atoms with E-state index in [-0.39, 0.29) is 29.8 Å². The normalized spacial score (nSPS) is 13.9. The molecule has 0 aromatic carbocycles. The van der Waals surface area contributed by atoms with Gasteiger partial charge in [-0.3, -0.25) is 13.6 Å². The van der Waals surface area contributed by atoms with E-state index in [0.29, 0.717) is 0 Å². The fraction of sp³-hybridized carbons (Fsp3) is 0.889. The number of rotatable bonds is 12. The monoisotopic (exact) mass is 390 g/mol. The number of phosphoric ester groups is 1. The molecule has 0 aromatic rings. The molecule has 0 amide bonds. The largest absolute Gasteiger partial charge is 0.476 e. The molecule has 0 spiro atoms. The third-order valence-corrected chi connectivity index (χ3v) is 4.86. The highest BCUT2D eigenvalue weighted by Gasteiger charge is 2.36. The summed E-state index contributed by atoms with van der Waals surface area (Å²) in [7, 11) is -4.22. The zero-order chi connectivity index (χ0) is 15.6. The van der Waals surface area contributed by atoms with Gasteiger partial charge in [0, 0.05) is 0 Å². The number of phosphoric acid groups is 1. The van der Waals surface area contributed by atoms with E-state index < -0.39 is 32.7 Å². The van der Waals surface area contributed by atoms with Gasteiger partial charge in [0.25, 0.3) is 0 Å². The standard InChI is InChI=1S/C9H15Cl4O6P/c10-1-7(2-11)17-20(16,18-8(3-12)4-13)19-9(5-14)6-15/h5,7-9,15H,1-4,6H2. The van der Waals surface area contributed by atoms with Crippen molar-refractivity contribution < 1.29 is 28.0 Å². The summed E-state index contributed by atoms with van der Waals surface area (Å²) >= 11 is 22.3. The van der Waals surface area contributed by atoms with Gasteiger partial charge in [-0.25, -0.2) is 4.57 Å². The molecule has 0 aromatic heterocycles. The quantitative estimate of drug-likeness (QED) is 0.312. The summed E-state index contributed by atoms with van der Waals surface area (Å²) in [5.41, 5.74) is 0. The Kier molecular flexibility index (Phi) is 12.0. The fourth-order valence-electron chi connectivity index (χ4n) is 0.902. The van der Waals surface area contributed by atoms with Crippen molar-refractivity contribution >= 4 is 60.5 Å². The van der Waals surface area contributed by atoms with E-state index in [1.165, 1.54) is 0 Å². The summed E-state index contributed by atoms with van der Waals surface area (Å²) in [6.45, 7) is -0.695. The summed E-state index contributed by atoms with van der Waals surface area (Å²) in [4.78, 5) is 10.6. The maximum absolute atomic E-state index is 12.4. The SMILES string of the molecule is O=CC(CO)OP(=O)(OC(CCl)CCl)OC(CCl)CCl. The third kappa shape index (κ3) is 7.78. The van der Waals surface area contributed by atoms with Crippen molar-refractivity contribution in [1.82, 2.24) is 0 Å². The van der Waals surface area contributed by atoms with Crippen LogP contribution >= 0.6 is 54.2 Å². The molecule has 0 saturated carbocycles. The third-order valence-electron chi connectivity index (χ3n) is 1.84. The molecular formula is C9H15Cl4O6P. The van der Waals surface area contributed by atoms with Gasteiger partial charge in [0.05, 0.1) is 42.3 Å². The minimum Gasteiger partial charge on any atom is -0.393 e. The maximum atomic E-state index is 12.4. The molecule has 0 radical (unpaired) electrons. The van der Waals surface area contributed by atoms with E-state index in [4.69, 9.17) is 65.1 Å². The minimum atomic E-state index is -4.22. The van der Waals surface area contributed by atoms with Gasteiger partial charge in [0.1, 0.15) is 6.10 Å². The number of hydrogen-bond acceptors (Lipinski definition) is 6. The number of halogens is 4. The maximum Gasteiger partial charge on any atom is 0.476 e. The molecule has 0 bridgehead atoms. The number of carbonyl (C=O) groups excluding carboxylic acids is 1. The van der Waals surface area contributed by atoms with E-state index >= 15 is 0 Å². The topological polar surface area (TPSA) is 82.1 Å². The Bertz CT molecular complexity index is 295. The summed E-state index contributed by atoms with van der Waals surface area (Å²) in [6, 6.07) is 0. The number of alkyl halides is 4. The molecule has 0 aliphatic carbocycles. The van der Waals surface area contributed by atoms with Crippen LogP contribution < -0.4 is 0 Å². The number of aldehydes is 1. The van der Waals surface area contributed by atoms with Crippen molar-refractivity contribution in [1.29, 1.82) is 0 Å². The highest BCUT2D eigenvalue weighted by atomic mass is 35.5. The second-order valence-corrected chi connectivity index (χ2v) is 6.24. The Morgan fingerprint density at radius 1 is 0.950 bits per heavy atom. The van der Waals surface area contributed by atoms with Gasteiger partial charge in [0.15, 0.2) is 6.29 Å². The van der Waals surface area contributed by atoms with Gasteiger partial charge in [-0.1, -0.05) is 0 Å². The average Bonchev–Trinajstić information content (AvgIpc) is 2.48. The average molecular weight is 392 g/mol. The van der Waals surface area contributed by atoms with Crippen LogP contribution in [0.15, 0.2) is 0 Å². The molecule has 6 nitrogen and oxygen atoms in total. The van der Waals surface area contributed by atoms with Crippen LogP contribution in [0.2, 0.25) is 0 Å². The number of hydrogen-bond donors (Lipinski definition) is 1. The zero-order valence-corrected chi connectivity index (χ0v) is 14.2. The lowest BCUT2D eigenvalue weighted by Gasteiger charge is -2.25. The van der Waals surface area contributed by atoms with Crippen molar-refractivity contribution in [2.24, 2.45) is 0 Å². The van der Waals surface area contributed by atoms with Crippen LogP contribution in [0.4, 0.5) is 0 Å². The molecule has 0 saturated heterocycles. The van der Waals surface area contributed by atoms with E-state index in [2.05, 4.69) is 0 Å². The van der Waals surface area contributed by atoms with Crippen molar-refractivity contribution in [3.05, 3.63) is 0 Å². The number of aliphatic hydroxyl groups excluding tert-OH is 1. The van der Waals surface area contributed by atoms with Gasteiger partial charge in [-0.2, -0.15) is 0 Å². The highest BCUT2D eigenvalue weighted by Crippen LogP contribution is 2.53. The highest BCUT2D eigenvalue weighted by molar-refractivity contribution is 7.48. The Labute approximate surface area is 137 Å². The Morgan fingerprint density at radius 3 is 1.60 bits per heavy atom. The van der Waals surface area contributed by atoms with E-state index in [1.54, 1.807) is 0 Å². The molecule has 11 heteroatoms. The van der Waals surface area contributed by atoms with E-state index in [9.17, 15) is 9.36 Å². The van der Waals surface area contributed by atoms with Crippen molar-refractivity contribution in [3.8, 4) is 0 Å². The number of carbonyl (C=O) groups is 1. The van der Waals surface area contributed by atoms with E-state index in [1.807, 2.05) is 0 Å². The van der Waals surface area contributed by atoms with Gasteiger partial charge in [0.2, 0.25) is 0 Å². The van der Waals surface area contributed by atoms with E-state index in [0.717, 1.165) is 0 Å². The fourth-order valence-corrected chi connectivity index (χ4v) is 3.79. The van der Waals surface area contributed by atoms with Crippen LogP contribution in [0.5, 0.6) is 0 Å². The minimum absolute atomic E-state index is 0.0719. The molecule has 1 N–H and O–H groups in total. The lowest BCUT2D eigenvalue weighted by atomic mass is 10.4. The first-order valence-electron chi connectivity index (χ1n) is 5.43. The lowest BCUT2D eigenvalue weighted by molar-refractivity contribution is -0.116. The van der Waals surface area contributed by atoms with Gasteiger partial charge in [-0.15, -0.1) is 46.4 Å². The van der Waals surface area contributed by atoms with Crippen molar-refractivity contribution in [2.45, 2.75) is 18.3 Å². The summed E-state index contributed by atoms with van der Waals surface area (Å²) < 4.78 is 27.4. The predicted octanol–water partition coefficient (Wildman–Crippen LogP) is 2.40. The van der Waals surface area contributed by atoms with Crippen LogP contribution in [0.3, 0.4) is 0 Å². The second kappa shape index (κ2) is 11.5. The number of aliphatic hydroxyl groups is 1. The smallest absolute Gasteiger partial charge is 0.393 e. The molecule has 0 aliphatic rings. The molecule has 0 fully saturated rings. The molecule has 0 heterocycles. The summed E-state index contributed by atoms with van der Waals surface area (Å²) in [5.74, 6) is -0.288. The molecular weight excluding hydrogens is 377 g/mol. The Balaban J connectivity index is 4.99. The van der Waals surface area contributed by atoms with Crippen LogP contribution in [-0.2, 0) is 22.9 Å². The first-order valence-corrected chi connectivity index (χ1v) is 9.03. The van der Waals surface area contributed by atoms with Crippen LogP contribution in [0.25, 0.3) is 0 Å². The van der Waals surface area contributed by atoms with Crippen LogP contribution in [-0.4, -0.2) is 59.8 Å². The van der Waals surface area contributed by atoms with Gasteiger partial charge in [-0.05, 0) is 0 Å². The van der Waals surface area contributed by atoms with Gasteiger partial charge < -0.3 is 9.90 Å². The van der Waals surface area contributed by atoms with Crippen molar-refractivity contribution in [3.63, 3.8) is 0 Å². The summed E-state index contributed by atoms with van der Waals surface area (Å²) in [5, 5.41) is 8.89. The molecule has 0 aliphatic heterocycles. The first-order chi connectivity index (χ1) is 9.48. The molecule has 0 rings (SSSR count). The lowest BCUT2D eigenvalue weighted by Crippen LogP contribution is -2.26. The van der Waals surface area contributed by atoms with Gasteiger partial charge >= 0.3 is 7.82 Å². The summed E-state index contributed by atoms with van der Waals surface area (Å²) in [6.07, 6.45) is -2.78. The molecule has 20 heavy (non-hydrogen) atoms. The Morgan fingerprint density at radius 2 is 1.35 bits per heavy atom. The zero-order valence-electron chi connectivity index (χ0n) is 10.3. The van der Waals surface area contributed by atoms with Crippen molar-refractivity contribution in [2.75, 3.05) is 30.1 Å². The molecule has 1 atom stereocenters. The molecule has 120 valence electrons. The second-order valence-electron chi connectivity index (χ2n) is 3.48. The molecule has 1 unspecified atom stereocenters. The Hall–Kier alpha value is 0.900. The van der Waals surface area contributed by atoms with Crippen LogP contribution in [0.1, 0.15) is 0 Å².